The monoisotopic (exact) mass is 450 g/mol. The first-order chi connectivity index (χ1) is 15.8. The number of carbonyl (C=O) groups excluding carboxylic acids is 1. The van der Waals surface area contributed by atoms with Gasteiger partial charge in [0, 0.05) is 19.2 Å². The number of nitrogens with two attached hydrogens (primary N) is 1. The number of nitrogens with one attached hydrogen (secondary N) is 1. The molecule has 3 heterocycles. The van der Waals surface area contributed by atoms with Gasteiger partial charge in [-0.05, 0) is 50.1 Å². The number of aliphatic hydroxyl groups is 1. The van der Waals surface area contributed by atoms with E-state index in [9.17, 15) is 9.90 Å². The maximum absolute atomic E-state index is 12.6. The Morgan fingerprint density at radius 2 is 1.97 bits per heavy atom. The number of hydrogen-bond donors (Lipinski definition) is 3. The van der Waals surface area contributed by atoms with Crippen molar-refractivity contribution in [3.05, 3.63) is 53.8 Å². The van der Waals surface area contributed by atoms with Gasteiger partial charge in [0.1, 0.15) is 0 Å². The van der Waals surface area contributed by atoms with E-state index < -0.39 is 5.54 Å². The van der Waals surface area contributed by atoms with E-state index in [2.05, 4.69) is 25.4 Å². The Kier molecular flexibility index (Phi) is 5.97. The molecule has 11 heteroatoms. The zero-order chi connectivity index (χ0) is 23.6. The van der Waals surface area contributed by atoms with Crippen LogP contribution < -0.4 is 11.1 Å². The van der Waals surface area contributed by atoms with Gasteiger partial charge in [-0.15, -0.1) is 5.10 Å². The highest BCUT2D eigenvalue weighted by Gasteiger charge is 2.27. The van der Waals surface area contributed by atoms with Crippen LogP contribution in [0.15, 0.2) is 47.1 Å². The fourth-order valence-electron chi connectivity index (χ4n) is 3.10. The lowest BCUT2D eigenvalue weighted by atomic mass is 10.0. The molecule has 1 aromatic carbocycles. The number of rotatable bonds is 8. The molecule has 0 aliphatic carbocycles. The van der Waals surface area contributed by atoms with Crippen LogP contribution in [0.1, 0.15) is 29.8 Å². The number of furan rings is 1. The van der Waals surface area contributed by atoms with Gasteiger partial charge in [-0.2, -0.15) is 19.5 Å². The van der Waals surface area contributed by atoms with Crippen molar-refractivity contribution in [2.24, 2.45) is 0 Å². The number of amides is 1. The predicted molar refractivity (Wildman–Crippen MR) is 123 cm³/mol. The van der Waals surface area contributed by atoms with E-state index >= 15 is 0 Å². The highest BCUT2D eigenvalue weighted by Crippen LogP contribution is 2.18. The third kappa shape index (κ3) is 4.62. The second-order valence-electron chi connectivity index (χ2n) is 8.24. The van der Waals surface area contributed by atoms with E-state index in [4.69, 9.17) is 10.2 Å². The van der Waals surface area contributed by atoms with Gasteiger partial charge in [-0.25, -0.2) is 0 Å². The van der Waals surface area contributed by atoms with E-state index in [1.54, 1.807) is 42.5 Å². The van der Waals surface area contributed by atoms with Crippen molar-refractivity contribution in [2.45, 2.75) is 25.8 Å². The molecule has 0 atom stereocenters. The number of anilines is 2. The van der Waals surface area contributed by atoms with Gasteiger partial charge in [0.05, 0.1) is 18.4 Å². The van der Waals surface area contributed by atoms with Crippen LogP contribution >= 0.6 is 0 Å². The molecule has 0 aliphatic heterocycles. The molecule has 172 valence electrons. The normalized spacial score (nSPS) is 11.6. The van der Waals surface area contributed by atoms with Gasteiger partial charge < -0.3 is 25.5 Å². The molecule has 4 N–H and O–H groups in total. The van der Waals surface area contributed by atoms with Crippen molar-refractivity contribution >= 4 is 23.6 Å². The van der Waals surface area contributed by atoms with Crippen LogP contribution in [-0.2, 0) is 6.42 Å². The number of aliphatic hydroxyl groups excluding tert-OH is 1. The quantitative estimate of drug-likeness (QED) is 0.366. The Hall–Kier alpha value is -3.99. The molecular formula is C22H26N8O3. The highest BCUT2D eigenvalue weighted by molar-refractivity contribution is 5.94. The zero-order valence-electron chi connectivity index (χ0n) is 18.7. The first-order valence-corrected chi connectivity index (χ1v) is 10.4. The maximum Gasteiger partial charge on any atom is 0.259 e. The van der Waals surface area contributed by atoms with Crippen molar-refractivity contribution in [3.63, 3.8) is 0 Å². The first-order valence-electron chi connectivity index (χ1n) is 10.4. The van der Waals surface area contributed by atoms with E-state index in [0.29, 0.717) is 41.8 Å². The smallest absolute Gasteiger partial charge is 0.259 e. The second kappa shape index (κ2) is 8.87. The van der Waals surface area contributed by atoms with E-state index in [-0.39, 0.29) is 18.5 Å². The summed E-state index contributed by atoms with van der Waals surface area (Å²) in [6, 6.07) is 10.9. The third-order valence-electron chi connectivity index (χ3n) is 5.47. The van der Waals surface area contributed by atoms with Crippen LogP contribution in [0.2, 0.25) is 0 Å². The third-order valence-corrected chi connectivity index (χ3v) is 5.47. The minimum Gasteiger partial charge on any atom is -0.461 e. The van der Waals surface area contributed by atoms with Crippen LogP contribution in [-0.4, -0.2) is 66.2 Å². The Morgan fingerprint density at radius 3 is 2.64 bits per heavy atom. The molecule has 4 aromatic rings. The molecule has 0 radical (unpaired) electrons. The number of nitrogens with zero attached hydrogens (tertiary/aromatic N) is 6. The lowest BCUT2D eigenvalue weighted by Gasteiger charge is -2.34. The molecule has 0 saturated carbocycles. The lowest BCUT2D eigenvalue weighted by molar-refractivity contribution is 0.0473. The summed E-state index contributed by atoms with van der Waals surface area (Å²) < 4.78 is 6.67. The fraction of sp³-hybridized carbons (Fsp3) is 0.318. The van der Waals surface area contributed by atoms with Gasteiger partial charge in [-0.1, -0.05) is 12.1 Å². The summed E-state index contributed by atoms with van der Waals surface area (Å²) >= 11 is 0. The van der Waals surface area contributed by atoms with Crippen molar-refractivity contribution in [1.29, 1.82) is 0 Å². The van der Waals surface area contributed by atoms with E-state index in [1.807, 2.05) is 26.0 Å². The lowest BCUT2D eigenvalue weighted by Crippen LogP contribution is -2.47. The molecule has 4 rings (SSSR count). The minimum absolute atomic E-state index is 0.115. The Labute approximate surface area is 190 Å². The molecular weight excluding hydrogens is 424 g/mol. The van der Waals surface area contributed by atoms with Gasteiger partial charge in [-0.3, -0.25) is 4.79 Å². The number of hydrogen-bond acceptors (Lipinski definition) is 9. The standard InChI is InChI=1S/C22H26N8O3/c1-22(2,13-31)29(3)18(32)15-8-6-14(7-9-15)10-11-24-20-26-19(23)30-21(27-20)25-17(28-30)16-5-4-12-33-16/h4-9,12,31H,10-11,13H2,1-3H3,(H3,23,24,25,26,27,28). The number of likely N-dealkylation sites (N-methyl/N-ethyl adjacent to an activating group) is 1. The summed E-state index contributed by atoms with van der Waals surface area (Å²) in [4.78, 5) is 27.1. The molecule has 0 aliphatic rings. The molecule has 11 nitrogen and oxygen atoms in total. The van der Waals surface area contributed by atoms with Gasteiger partial charge >= 0.3 is 0 Å². The van der Waals surface area contributed by atoms with Crippen LogP contribution in [0.3, 0.4) is 0 Å². The zero-order valence-corrected chi connectivity index (χ0v) is 18.7. The molecule has 0 spiro atoms. The molecule has 0 fully saturated rings. The Morgan fingerprint density at radius 1 is 1.21 bits per heavy atom. The number of carbonyl (C=O) groups is 1. The van der Waals surface area contributed by atoms with Crippen LogP contribution in [0.5, 0.6) is 0 Å². The maximum atomic E-state index is 12.6. The Balaban J connectivity index is 1.38. The van der Waals surface area contributed by atoms with Crippen molar-refractivity contribution < 1.29 is 14.3 Å². The summed E-state index contributed by atoms with van der Waals surface area (Å²) in [5.74, 6) is 1.57. The van der Waals surface area contributed by atoms with Crippen molar-refractivity contribution in [3.8, 4) is 11.6 Å². The van der Waals surface area contributed by atoms with Crippen molar-refractivity contribution in [1.82, 2.24) is 29.5 Å². The number of fused-ring (bicyclic) bond motifs is 1. The van der Waals surface area contributed by atoms with Gasteiger partial charge in [0.25, 0.3) is 11.7 Å². The van der Waals surface area contributed by atoms with Gasteiger partial charge in [0.15, 0.2) is 5.76 Å². The molecule has 0 unspecified atom stereocenters. The summed E-state index contributed by atoms with van der Waals surface area (Å²) in [7, 11) is 1.69. The molecule has 0 bridgehead atoms. The Bertz CT molecular complexity index is 1250. The fourth-order valence-corrected chi connectivity index (χ4v) is 3.10. The average molecular weight is 451 g/mol. The number of nitrogen functional groups attached to an aromatic ring is 1. The highest BCUT2D eigenvalue weighted by atomic mass is 16.3. The van der Waals surface area contributed by atoms with Crippen molar-refractivity contribution in [2.75, 3.05) is 31.2 Å². The van der Waals surface area contributed by atoms with Crippen LogP contribution in [0, 0.1) is 0 Å². The topological polar surface area (TPSA) is 148 Å². The van der Waals surface area contributed by atoms with E-state index in [0.717, 1.165) is 5.56 Å². The molecule has 3 aromatic heterocycles. The van der Waals surface area contributed by atoms with Crippen LogP contribution in [0.25, 0.3) is 17.4 Å². The summed E-state index contributed by atoms with van der Waals surface area (Å²) in [6.45, 7) is 4.07. The SMILES string of the molecule is CN(C(=O)c1ccc(CCNc2nc(N)n3nc(-c4ccco4)nc3n2)cc1)C(C)(C)CO. The van der Waals surface area contributed by atoms with Gasteiger partial charge in [0.2, 0.25) is 17.7 Å². The molecule has 1 amide bonds. The summed E-state index contributed by atoms with van der Waals surface area (Å²) in [5.41, 5.74) is 6.98. The minimum atomic E-state index is -0.633. The average Bonchev–Trinajstić information content (AvgIpc) is 3.49. The summed E-state index contributed by atoms with van der Waals surface area (Å²) in [5, 5.41) is 16.9. The molecule has 0 saturated heterocycles. The second-order valence-corrected chi connectivity index (χ2v) is 8.24. The first kappa shape index (κ1) is 22.2. The predicted octanol–water partition coefficient (Wildman–Crippen LogP) is 1.86. The number of benzene rings is 1. The summed E-state index contributed by atoms with van der Waals surface area (Å²) in [6.07, 6.45) is 2.23. The largest absolute Gasteiger partial charge is 0.461 e. The number of aromatic nitrogens is 5. The van der Waals surface area contributed by atoms with Crippen LogP contribution in [0.4, 0.5) is 11.9 Å². The molecule has 33 heavy (non-hydrogen) atoms. The van der Waals surface area contributed by atoms with E-state index in [1.165, 1.54) is 4.52 Å².